The molecule has 0 unspecified atom stereocenters. The largest absolute Gasteiger partial charge is 0.464 e. The Morgan fingerprint density at radius 1 is 1.00 bits per heavy atom. The van der Waals surface area contributed by atoms with E-state index in [-0.39, 0.29) is 19.8 Å². The molecule has 0 fully saturated rings. The smallest absolute Gasteiger partial charge is 0.347 e. The third kappa shape index (κ3) is 6.40. The van der Waals surface area contributed by atoms with Crippen molar-refractivity contribution in [1.29, 1.82) is 0 Å². The summed E-state index contributed by atoms with van der Waals surface area (Å²) in [5.74, 6) is -1.40. The van der Waals surface area contributed by atoms with Crippen LogP contribution in [0, 0.1) is 0 Å². The van der Waals surface area contributed by atoms with Gasteiger partial charge < -0.3 is 14.2 Å². The molecule has 0 saturated heterocycles. The number of esters is 2. The van der Waals surface area contributed by atoms with E-state index in [2.05, 4.69) is 0 Å². The summed E-state index contributed by atoms with van der Waals surface area (Å²) < 4.78 is 15.0. The van der Waals surface area contributed by atoms with E-state index in [0.717, 1.165) is 6.42 Å². The van der Waals surface area contributed by atoms with E-state index in [1.54, 1.807) is 13.8 Å². The van der Waals surface area contributed by atoms with Crippen LogP contribution in [-0.4, -0.2) is 37.9 Å². The Hall–Kier alpha value is -1.88. The first-order chi connectivity index (χ1) is 10.2. The van der Waals surface area contributed by atoms with Crippen LogP contribution in [0.1, 0.15) is 25.8 Å². The molecule has 1 aromatic rings. The lowest BCUT2D eigenvalue weighted by Gasteiger charge is -2.15. The Labute approximate surface area is 125 Å². The van der Waals surface area contributed by atoms with Crippen LogP contribution in [0.4, 0.5) is 0 Å². The fourth-order valence-electron chi connectivity index (χ4n) is 1.79. The predicted octanol–water partition coefficient (Wildman–Crippen LogP) is 2.13. The van der Waals surface area contributed by atoms with Crippen molar-refractivity contribution in [3.05, 3.63) is 35.9 Å². The summed E-state index contributed by atoms with van der Waals surface area (Å²) in [7, 11) is 0. The SMILES string of the molecule is CCOC(=O)C(OCCCc1ccccc1)C(=O)OCC. The number of hydrogen-bond donors (Lipinski definition) is 0. The van der Waals surface area contributed by atoms with Crippen molar-refractivity contribution < 1.29 is 23.8 Å². The molecule has 0 saturated carbocycles. The maximum atomic E-state index is 11.7. The van der Waals surface area contributed by atoms with Gasteiger partial charge in [-0.15, -0.1) is 0 Å². The molecule has 0 radical (unpaired) electrons. The van der Waals surface area contributed by atoms with Crippen LogP contribution in [-0.2, 0) is 30.2 Å². The monoisotopic (exact) mass is 294 g/mol. The van der Waals surface area contributed by atoms with Gasteiger partial charge in [0.1, 0.15) is 0 Å². The minimum atomic E-state index is -1.29. The van der Waals surface area contributed by atoms with Crippen molar-refractivity contribution in [2.75, 3.05) is 19.8 Å². The molecule has 0 heterocycles. The molecule has 0 aliphatic heterocycles. The first kappa shape index (κ1) is 17.2. The summed E-state index contributed by atoms with van der Waals surface area (Å²) in [6, 6.07) is 9.94. The Kier molecular flexibility index (Phi) is 8.12. The quantitative estimate of drug-likeness (QED) is 0.396. The van der Waals surface area contributed by atoms with Crippen LogP contribution in [0.25, 0.3) is 0 Å². The van der Waals surface area contributed by atoms with Crippen LogP contribution in [0.2, 0.25) is 0 Å². The van der Waals surface area contributed by atoms with Crippen LogP contribution in [0.15, 0.2) is 30.3 Å². The fourth-order valence-corrected chi connectivity index (χ4v) is 1.79. The number of carbonyl (C=O) groups excluding carboxylic acids is 2. The lowest BCUT2D eigenvalue weighted by Crippen LogP contribution is -2.36. The van der Waals surface area contributed by atoms with Crippen molar-refractivity contribution in [3.63, 3.8) is 0 Å². The maximum absolute atomic E-state index is 11.7. The molecule has 0 spiro atoms. The summed E-state index contributed by atoms with van der Waals surface area (Å²) in [6.07, 6.45) is 0.235. The van der Waals surface area contributed by atoms with Crippen molar-refractivity contribution in [2.45, 2.75) is 32.8 Å². The van der Waals surface area contributed by atoms with E-state index in [1.165, 1.54) is 5.56 Å². The van der Waals surface area contributed by atoms with Gasteiger partial charge in [-0.25, -0.2) is 9.59 Å². The fraction of sp³-hybridized carbons (Fsp3) is 0.500. The zero-order valence-corrected chi connectivity index (χ0v) is 12.5. The molecule has 0 N–H and O–H groups in total. The summed E-state index contributed by atoms with van der Waals surface area (Å²) >= 11 is 0. The molecule has 5 heteroatoms. The van der Waals surface area contributed by atoms with E-state index in [4.69, 9.17) is 14.2 Å². The highest BCUT2D eigenvalue weighted by atomic mass is 16.6. The Morgan fingerprint density at radius 3 is 2.10 bits per heavy atom. The van der Waals surface area contributed by atoms with Gasteiger partial charge in [-0.2, -0.15) is 0 Å². The normalized spacial score (nSPS) is 10.4. The van der Waals surface area contributed by atoms with Crippen LogP contribution < -0.4 is 0 Å². The third-order valence-corrected chi connectivity index (χ3v) is 2.74. The number of aryl methyl sites for hydroxylation is 1. The van der Waals surface area contributed by atoms with E-state index >= 15 is 0 Å². The van der Waals surface area contributed by atoms with Gasteiger partial charge in [-0.3, -0.25) is 0 Å². The first-order valence-electron chi connectivity index (χ1n) is 7.17. The average Bonchev–Trinajstić information content (AvgIpc) is 2.48. The van der Waals surface area contributed by atoms with Gasteiger partial charge in [0.2, 0.25) is 0 Å². The number of benzene rings is 1. The predicted molar refractivity (Wildman–Crippen MR) is 77.8 cm³/mol. The van der Waals surface area contributed by atoms with Gasteiger partial charge in [0.05, 0.1) is 13.2 Å². The molecular formula is C16H22O5. The van der Waals surface area contributed by atoms with Gasteiger partial charge in [0, 0.05) is 6.61 Å². The van der Waals surface area contributed by atoms with E-state index in [9.17, 15) is 9.59 Å². The Balaban J connectivity index is 2.41. The minimum Gasteiger partial charge on any atom is -0.464 e. The molecule has 5 nitrogen and oxygen atoms in total. The van der Waals surface area contributed by atoms with Gasteiger partial charge in [-0.05, 0) is 32.3 Å². The molecule has 116 valence electrons. The zero-order chi connectivity index (χ0) is 15.5. The van der Waals surface area contributed by atoms with Crippen molar-refractivity contribution in [3.8, 4) is 0 Å². The standard InChI is InChI=1S/C16H22O5/c1-3-19-15(17)14(16(18)20-4-2)21-12-8-11-13-9-6-5-7-10-13/h5-7,9-10,14H,3-4,8,11-12H2,1-2H3. The van der Waals surface area contributed by atoms with Crippen LogP contribution >= 0.6 is 0 Å². The van der Waals surface area contributed by atoms with Crippen LogP contribution in [0.5, 0.6) is 0 Å². The summed E-state index contributed by atoms with van der Waals surface area (Å²) in [4.78, 5) is 23.4. The highest BCUT2D eigenvalue weighted by Gasteiger charge is 2.30. The van der Waals surface area contributed by atoms with Crippen molar-refractivity contribution in [2.24, 2.45) is 0 Å². The summed E-state index contributed by atoms with van der Waals surface area (Å²) in [5.41, 5.74) is 1.19. The molecule has 1 rings (SSSR count). The summed E-state index contributed by atoms with van der Waals surface area (Å²) in [6.45, 7) is 4.03. The number of carbonyl (C=O) groups is 2. The molecule has 21 heavy (non-hydrogen) atoms. The highest BCUT2D eigenvalue weighted by Crippen LogP contribution is 2.05. The van der Waals surface area contributed by atoms with E-state index < -0.39 is 18.0 Å². The second kappa shape index (κ2) is 9.94. The molecule has 0 bridgehead atoms. The average molecular weight is 294 g/mol. The van der Waals surface area contributed by atoms with Crippen molar-refractivity contribution in [1.82, 2.24) is 0 Å². The number of ether oxygens (including phenoxy) is 3. The van der Waals surface area contributed by atoms with Gasteiger partial charge in [0.25, 0.3) is 6.10 Å². The highest BCUT2D eigenvalue weighted by molar-refractivity contribution is 5.98. The topological polar surface area (TPSA) is 61.8 Å². The third-order valence-electron chi connectivity index (χ3n) is 2.74. The molecule has 0 aromatic heterocycles. The molecule has 1 aromatic carbocycles. The van der Waals surface area contributed by atoms with Gasteiger partial charge in [0.15, 0.2) is 0 Å². The second-order valence-corrected chi connectivity index (χ2v) is 4.34. The summed E-state index contributed by atoms with van der Waals surface area (Å²) in [5, 5.41) is 0. The molecule has 0 atom stereocenters. The first-order valence-corrected chi connectivity index (χ1v) is 7.17. The zero-order valence-electron chi connectivity index (χ0n) is 12.5. The second-order valence-electron chi connectivity index (χ2n) is 4.34. The van der Waals surface area contributed by atoms with Gasteiger partial charge in [-0.1, -0.05) is 30.3 Å². The lowest BCUT2D eigenvalue weighted by atomic mass is 10.1. The molecule has 0 aliphatic rings. The Morgan fingerprint density at radius 2 is 1.57 bits per heavy atom. The minimum absolute atomic E-state index is 0.197. The number of rotatable bonds is 9. The molecule has 0 amide bonds. The molecule has 0 aliphatic carbocycles. The molecular weight excluding hydrogens is 272 g/mol. The number of hydrogen-bond acceptors (Lipinski definition) is 5. The van der Waals surface area contributed by atoms with Crippen molar-refractivity contribution >= 4 is 11.9 Å². The lowest BCUT2D eigenvalue weighted by molar-refractivity contribution is -0.173. The van der Waals surface area contributed by atoms with E-state index in [0.29, 0.717) is 6.42 Å². The maximum Gasteiger partial charge on any atom is 0.347 e. The van der Waals surface area contributed by atoms with Crippen LogP contribution in [0.3, 0.4) is 0 Å². The van der Waals surface area contributed by atoms with Gasteiger partial charge >= 0.3 is 11.9 Å². The Bertz CT molecular complexity index is 412. The van der Waals surface area contributed by atoms with E-state index in [1.807, 2.05) is 30.3 Å².